The van der Waals surface area contributed by atoms with Gasteiger partial charge in [-0.15, -0.1) is 0 Å². The Morgan fingerprint density at radius 1 is 1.17 bits per heavy atom. The number of carbonyl (C=O) groups is 2. The predicted molar refractivity (Wildman–Crippen MR) is 84.6 cm³/mol. The molecule has 0 radical (unpaired) electrons. The van der Waals surface area contributed by atoms with Gasteiger partial charge in [0.25, 0.3) is 5.79 Å². The minimum Gasteiger partial charge on any atom is -0.496 e. The molecule has 1 heterocycles. The second-order valence-corrected chi connectivity index (χ2v) is 6.05. The molecule has 124 valence electrons. The van der Waals surface area contributed by atoms with E-state index in [9.17, 15) is 9.59 Å². The fourth-order valence-electron chi connectivity index (χ4n) is 2.30. The molecule has 6 heteroatoms. The van der Waals surface area contributed by atoms with E-state index >= 15 is 0 Å². The second kappa shape index (κ2) is 6.42. The summed E-state index contributed by atoms with van der Waals surface area (Å²) in [5.41, 5.74) is 1.53. The Balaban J connectivity index is 2.35. The van der Waals surface area contributed by atoms with Crippen LogP contribution in [0.3, 0.4) is 0 Å². The number of methoxy groups -OCH3 is 1. The third kappa shape index (κ3) is 4.10. The quantitative estimate of drug-likeness (QED) is 0.480. The van der Waals surface area contributed by atoms with E-state index in [4.69, 9.17) is 14.2 Å². The lowest BCUT2D eigenvalue weighted by atomic mass is 10.1. The minimum absolute atomic E-state index is 0.120. The second-order valence-electron chi connectivity index (χ2n) is 6.05. The van der Waals surface area contributed by atoms with Gasteiger partial charge in [-0.3, -0.25) is 0 Å². The average molecular weight is 319 g/mol. The van der Waals surface area contributed by atoms with Crippen molar-refractivity contribution >= 4 is 18.0 Å². The zero-order chi connectivity index (χ0) is 17.2. The van der Waals surface area contributed by atoms with Gasteiger partial charge >= 0.3 is 11.9 Å². The van der Waals surface area contributed by atoms with Gasteiger partial charge in [-0.1, -0.05) is 6.07 Å². The van der Waals surface area contributed by atoms with Crippen molar-refractivity contribution in [1.29, 1.82) is 0 Å². The smallest absolute Gasteiger partial charge is 0.348 e. The molecule has 0 unspecified atom stereocenters. The van der Waals surface area contributed by atoms with Crippen LogP contribution in [0.5, 0.6) is 5.75 Å². The summed E-state index contributed by atoms with van der Waals surface area (Å²) in [6, 6.07) is 5.44. The molecule has 0 N–H and O–H groups in total. The molecule has 6 nitrogen and oxygen atoms in total. The first-order chi connectivity index (χ1) is 10.7. The van der Waals surface area contributed by atoms with Gasteiger partial charge in [-0.2, -0.15) is 0 Å². The number of carbonyl (C=O) groups excluding carboxylic acids is 2. The predicted octanol–water partition coefficient (Wildman–Crippen LogP) is 1.98. The molecule has 1 saturated heterocycles. The third-order valence-corrected chi connectivity index (χ3v) is 3.22. The van der Waals surface area contributed by atoms with E-state index in [1.54, 1.807) is 19.2 Å². The van der Waals surface area contributed by atoms with E-state index in [-0.39, 0.29) is 5.57 Å². The number of esters is 2. The molecule has 0 aliphatic carbocycles. The highest BCUT2D eigenvalue weighted by molar-refractivity contribution is 6.18. The fourth-order valence-corrected chi connectivity index (χ4v) is 2.30. The van der Waals surface area contributed by atoms with Crippen LogP contribution in [0, 0.1) is 0 Å². The number of cyclic esters (lactones) is 2. The van der Waals surface area contributed by atoms with E-state index in [0.29, 0.717) is 12.1 Å². The maximum absolute atomic E-state index is 12.0. The SMILES string of the molecule is COc1ccc(C=C2C(=O)OC(C)(C)OC2=O)cc1CN(C)C. The van der Waals surface area contributed by atoms with Crippen LogP contribution < -0.4 is 4.74 Å². The lowest BCUT2D eigenvalue weighted by Crippen LogP contribution is -2.41. The highest BCUT2D eigenvalue weighted by atomic mass is 16.7. The number of rotatable bonds is 4. The first-order valence-electron chi connectivity index (χ1n) is 7.22. The summed E-state index contributed by atoms with van der Waals surface area (Å²) in [4.78, 5) is 26.0. The fraction of sp³-hybridized carbons (Fsp3) is 0.412. The van der Waals surface area contributed by atoms with E-state index in [1.165, 1.54) is 19.9 Å². The van der Waals surface area contributed by atoms with Crippen molar-refractivity contribution in [2.75, 3.05) is 21.2 Å². The maximum Gasteiger partial charge on any atom is 0.348 e. The molecule has 0 aromatic heterocycles. The normalized spacial score (nSPS) is 16.9. The summed E-state index contributed by atoms with van der Waals surface area (Å²) in [6.07, 6.45) is 1.47. The molecule has 1 aliphatic rings. The molecular weight excluding hydrogens is 298 g/mol. The molecule has 1 aliphatic heterocycles. The zero-order valence-electron chi connectivity index (χ0n) is 14.0. The molecule has 1 aromatic rings. The molecule has 0 amide bonds. The van der Waals surface area contributed by atoms with Crippen LogP contribution in [-0.2, 0) is 25.6 Å². The van der Waals surface area contributed by atoms with Gasteiger partial charge in [-0.25, -0.2) is 9.59 Å². The maximum atomic E-state index is 12.0. The molecular formula is C17H21NO5. The topological polar surface area (TPSA) is 65.1 Å². The van der Waals surface area contributed by atoms with Crippen molar-refractivity contribution < 1.29 is 23.8 Å². The summed E-state index contributed by atoms with van der Waals surface area (Å²) in [7, 11) is 5.50. The van der Waals surface area contributed by atoms with Gasteiger partial charge in [-0.05, 0) is 37.9 Å². The van der Waals surface area contributed by atoms with Crippen LogP contribution in [0.4, 0.5) is 0 Å². The van der Waals surface area contributed by atoms with Gasteiger partial charge in [0.2, 0.25) is 0 Å². The van der Waals surface area contributed by atoms with E-state index in [2.05, 4.69) is 0 Å². The van der Waals surface area contributed by atoms with Crippen LogP contribution in [-0.4, -0.2) is 43.8 Å². The number of hydrogen-bond donors (Lipinski definition) is 0. The standard InChI is InChI=1S/C17H21NO5/c1-17(2)22-15(19)13(16(20)23-17)9-11-6-7-14(21-5)12(8-11)10-18(3)4/h6-9H,10H2,1-5H3. The van der Waals surface area contributed by atoms with Gasteiger partial charge in [0.15, 0.2) is 0 Å². The van der Waals surface area contributed by atoms with E-state index in [0.717, 1.165) is 11.3 Å². The van der Waals surface area contributed by atoms with Crippen LogP contribution in [0.1, 0.15) is 25.0 Å². The Morgan fingerprint density at radius 2 is 1.78 bits per heavy atom. The Kier molecular flexibility index (Phi) is 4.75. The van der Waals surface area contributed by atoms with Crippen molar-refractivity contribution in [2.24, 2.45) is 0 Å². The lowest BCUT2D eigenvalue weighted by molar-refractivity contribution is -0.222. The van der Waals surface area contributed by atoms with Crippen molar-refractivity contribution in [1.82, 2.24) is 4.90 Å². The van der Waals surface area contributed by atoms with Crippen LogP contribution in [0.2, 0.25) is 0 Å². The highest BCUT2D eigenvalue weighted by Crippen LogP contribution is 2.26. The molecule has 0 bridgehead atoms. The first kappa shape index (κ1) is 17.0. The summed E-state index contributed by atoms with van der Waals surface area (Å²) >= 11 is 0. The number of benzene rings is 1. The lowest BCUT2D eigenvalue weighted by Gasteiger charge is -2.29. The van der Waals surface area contributed by atoms with Crippen LogP contribution in [0.15, 0.2) is 23.8 Å². The van der Waals surface area contributed by atoms with Gasteiger partial charge in [0.1, 0.15) is 11.3 Å². The molecule has 2 rings (SSSR count). The van der Waals surface area contributed by atoms with Crippen molar-refractivity contribution in [3.8, 4) is 5.75 Å². The minimum atomic E-state index is -1.23. The molecule has 23 heavy (non-hydrogen) atoms. The Hall–Kier alpha value is -2.34. The van der Waals surface area contributed by atoms with Crippen LogP contribution in [0.25, 0.3) is 6.08 Å². The number of hydrogen-bond acceptors (Lipinski definition) is 6. The summed E-state index contributed by atoms with van der Waals surface area (Å²) in [5.74, 6) is -1.86. The average Bonchev–Trinajstić information content (AvgIpc) is 2.41. The highest BCUT2D eigenvalue weighted by Gasteiger charge is 2.38. The number of nitrogens with zero attached hydrogens (tertiary/aromatic N) is 1. The van der Waals surface area contributed by atoms with Gasteiger partial charge < -0.3 is 19.1 Å². The molecule has 1 aromatic carbocycles. The van der Waals surface area contributed by atoms with Crippen molar-refractivity contribution in [3.63, 3.8) is 0 Å². The molecule has 0 saturated carbocycles. The Bertz CT molecular complexity index is 639. The van der Waals surface area contributed by atoms with Gasteiger partial charge in [0, 0.05) is 26.0 Å². The van der Waals surface area contributed by atoms with Crippen molar-refractivity contribution in [3.05, 3.63) is 34.9 Å². The first-order valence-corrected chi connectivity index (χ1v) is 7.22. The molecule has 0 spiro atoms. The zero-order valence-corrected chi connectivity index (χ0v) is 14.0. The Morgan fingerprint density at radius 3 is 2.30 bits per heavy atom. The summed E-state index contributed by atoms with van der Waals surface area (Å²) < 4.78 is 15.5. The number of ether oxygens (including phenoxy) is 3. The third-order valence-electron chi connectivity index (χ3n) is 3.22. The van der Waals surface area contributed by atoms with Gasteiger partial charge in [0.05, 0.1) is 7.11 Å². The summed E-state index contributed by atoms with van der Waals surface area (Å²) in [5, 5.41) is 0. The monoisotopic (exact) mass is 319 g/mol. The van der Waals surface area contributed by atoms with Crippen molar-refractivity contribution in [2.45, 2.75) is 26.2 Å². The summed E-state index contributed by atoms with van der Waals surface area (Å²) in [6.45, 7) is 3.70. The molecule has 1 fully saturated rings. The Labute approximate surface area is 135 Å². The van der Waals surface area contributed by atoms with Crippen LogP contribution >= 0.6 is 0 Å². The van der Waals surface area contributed by atoms with E-state index in [1.807, 2.05) is 25.1 Å². The largest absolute Gasteiger partial charge is 0.496 e. The van der Waals surface area contributed by atoms with E-state index < -0.39 is 17.7 Å². The molecule has 0 atom stereocenters.